The zero-order valence-electron chi connectivity index (χ0n) is 16.8. The molecule has 0 spiro atoms. The highest BCUT2D eigenvalue weighted by molar-refractivity contribution is 6.05. The zero-order valence-corrected chi connectivity index (χ0v) is 16.8. The average Bonchev–Trinajstić information content (AvgIpc) is 2.70. The first-order valence-corrected chi connectivity index (χ1v) is 8.58. The molecule has 29 heavy (non-hydrogen) atoms. The normalized spacial score (nSPS) is 12.3. The van der Waals surface area contributed by atoms with Crippen LogP contribution in [0.4, 0.5) is 5.69 Å². The molecule has 0 bridgehead atoms. The van der Waals surface area contributed by atoms with Crippen LogP contribution < -0.4 is 10.6 Å². The largest absolute Gasteiger partial charge is 0.468 e. The maximum Gasteiger partial charge on any atom is 0.328 e. The van der Waals surface area contributed by atoms with Gasteiger partial charge in [0.2, 0.25) is 5.91 Å². The smallest absolute Gasteiger partial charge is 0.328 e. The van der Waals surface area contributed by atoms with Gasteiger partial charge in [-0.2, -0.15) is 0 Å². The van der Waals surface area contributed by atoms with Gasteiger partial charge in [0.15, 0.2) is 5.92 Å². The summed E-state index contributed by atoms with van der Waals surface area (Å²) in [6, 6.07) is 4.77. The summed E-state index contributed by atoms with van der Waals surface area (Å²) >= 11 is 0. The summed E-state index contributed by atoms with van der Waals surface area (Å²) in [5, 5.41) is 4.97. The molecule has 0 aliphatic heterocycles. The van der Waals surface area contributed by atoms with Crippen molar-refractivity contribution in [3.8, 4) is 0 Å². The summed E-state index contributed by atoms with van der Waals surface area (Å²) in [5.41, 5.74) is 0.308. The Hall–Kier alpha value is -3.43. The zero-order chi connectivity index (χ0) is 22.1. The van der Waals surface area contributed by atoms with Gasteiger partial charge >= 0.3 is 17.9 Å². The SMILES string of the molecule is COC(=O)C(C(=O)OC)[C@@H](C)[C@H](NC(=O)c1ccccc1NC(C)=O)C(=O)OC. The fraction of sp³-hybridized carbons (Fsp3) is 0.421. The third-order valence-electron chi connectivity index (χ3n) is 4.19. The summed E-state index contributed by atoms with van der Waals surface area (Å²) < 4.78 is 14.0. The van der Waals surface area contributed by atoms with E-state index in [1.54, 1.807) is 12.1 Å². The van der Waals surface area contributed by atoms with Crippen LogP contribution in [0, 0.1) is 11.8 Å². The number of nitrogens with one attached hydrogen (secondary N) is 2. The van der Waals surface area contributed by atoms with E-state index in [0.29, 0.717) is 0 Å². The number of ether oxygens (including phenoxy) is 3. The number of amides is 2. The van der Waals surface area contributed by atoms with Crippen LogP contribution in [0.3, 0.4) is 0 Å². The Bertz CT molecular complexity index is 776. The third-order valence-corrected chi connectivity index (χ3v) is 4.19. The summed E-state index contributed by atoms with van der Waals surface area (Å²) in [6.07, 6.45) is 0. The number of carbonyl (C=O) groups excluding carboxylic acids is 5. The molecule has 1 aromatic rings. The highest BCUT2D eigenvalue weighted by Gasteiger charge is 2.42. The minimum atomic E-state index is -1.47. The van der Waals surface area contributed by atoms with Crippen LogP contribution >= 0.6 is 0 Å². The van der Waals surface area contributed by atoms with Gasteiger partial charge in [0.25, 0.3) is 5.91 Å². The van der Waals surface area contributed by atoms with Crippen LogP contribution in [-0.4, -0.2) is 57.1 Å². The van der Waals surface area contributed by atoms with E-state index in [-0.39, 0.29) is 17.2 Å². The van der Waals surface area contributed by atoms with Crippen LogP contribution in [0.15, 0.2) is 24.3 Å². The van der Waals surface area contributed by atoms with Crippen molar-refractivity contribution in [2.75, 3.05) is 26.6 Å². The second-order valence-corrected chi connectivity index (χ2v) is 6.08. The Morgan fingerprint density at radius 2 is 1.38 bits per heavy atom. The number of hydrogen-bond donors (Lipinski definition) is 2. The molecule has 0 heterocycles. The molecule has 0 saturated heterocycles. The quantitative estimate of drug-likeness (QED) is 0.361. The molecule has 0 fully saturated rings. The van der Waals surface area contributed by atoms with E-state index >= 15 is 0 Å². The lowest BCUT2D eigenvalue weighted by molar-refractivity contribution is -0.163. The molecule has 2 atom stereocenters. The van der Waals surface area contributed by atoms with E-state index in [2.05, 4.69) is 20.1 Å². The standard InChI is InChI=1S/C19H24N2O8/c1-10(14(17(24)27-3)18(25)28-4)15(19(26)29-5)21-16(23)12-8-6-7-9-13(12)20-11(2)22/h6-10,14-15H,1-5H3,(H,20,22)(H,21,23)/t10-,15+/m1/s1. The van der Waals surface area contributed by atoms with E-state index < -0.39 is 41.7 Å². The van der Waals surface area contributed by atoms with Gasteiger partial charge in [-0.3, -0.25) is 19.2 Å². The fourth-order valence-electron chi connectivity index (χ4n) is 2.70. The molecule has 0 aliphatic carbocycles. The highest BCUT2D eigenvalue weighted by Crippen LogP contribution is 2.22. The highest BCUT2D eigenvalue weighted by atomic mass is 16.5. The van der Waals surface area contributed by atoms with Crippen molar-refractivity contribution in [1.29, 1.82) is 0 Å². The first-order chi connectivity index (χ1) is 13.7. The van der Waals surface area contributed by atoms with Crippen LogP contribution in [0.5, 0.6) is 0 Å². The third kappa shape index (κ3) is 6.03. The average molecular weight is 408 g/mol. The molecule has 0 unspecified atom stereocenters. The Kier molecular flexibility index (Phi) is 8.78. The number of hydrogen-bond acceptors (Lipinski definition) is 8. The van der Waals surface area contributed by atoms with E-state index in [0.717, 1.165) is 21.3 Å². The summed E-state index contributed by atoms with van der Waals surface area (Å²) in [6.45, 7) is 2.69. The van der Waals surface area contributed by atoms with Gasteiger partial charge in [0.1, 0.15) is 6.04 Å². The lowest BCUT2D eigenvalue weighted by atomic mass is 9.87. The van der Waals surface area contributed by atoms with Crippen LogP contribution in [0.25, 0.3) is 0 Å². The van der Waals surface area contributed by atoms with Gasteiger partial charge < -0.3 is 24.8 Å². The van der Waals surface area contributed by atoms with Gasteiger partial charge in [-0.15, -0.1) is 0 Å². The summed E-state index contributed by atoms with van der Waals surface area (Å²) in [7, 11) is 3.27. The molecular formula is C19H24N2O8. The second kappa shape index (κ2) is 10.8. The van der Waals surface area contributed by atoms with E-state index in [9.17, 15) is 24.0 Å². The maximum atomic E-state index is 12.8. The molecule has 158 valence electrons. The number of rotatable bonds is 8. The fourth-order valence-corrected chi connectivity index (χ4v) is 2.70. The minimum Gasteiger partial charge on any atom is -0.468 e. The van der Waals surface area contributed by atoms with Gasteiger partial charge in [-0.25, -0.2) is 4.79 Å². The molecule has 10 nitrogen and oxygen atoms in total. The first kappa shape index (κ1) is 23.6. The molecule has 10 heteroatoms. The van der Waals surface area contributed by atoms with Crippen molar-refractivity contribution in [3.63, 3.8) is 0 Å². The predicted octanol–water partition coefficient (Wildman–Crippen LogP) is 0.515. The molecule has 0 saturated carbocycles. The van der Waals surface area contributed by atoms with Crippen molar-refractivity contribution < 1.29 is 38.2 Å². The summed E-state index contributed by atoms with van der Waals surface area (Å²) in [5.74, 6) is -6.36. The van der Waals surface area contributed by atoms with Gasteiger partial charge in [0, 0.05) is 12.8 Å². The Morgan fingerprint density at radius 3 is 1.86 bits per heavy atom. The topological polar surface area (TPSA) is 137 Å². The van der Waals surface area contributed by atoms with E-state index in [4.69, 9.17) is 4.74 Å². The molecule has 2 N–H and O–H groups in total. The number of para-hydroxylation sites is 1. The van der Waals surface area contributed by atoms with E-state index in [1.165, 1.54) is 26.0 Å². The van der Waals surface area contributed by atoms with Crippen LogP contribution in [-0.2, 0) is 33.4 Å². The van der Waals surface area contributed by atoms with Crippen molar-refractivity contribution in [3.05, 3.63) is 29.8 Å². The molecule has 2 amide bonds. The van der Waals surface area contributed by atoms with Crippen LogP contribution in [0.1, 0.15) is 24.2 Å². The van der Waals surface area contributed by atoms with Crippen molar-refractivity contribution in [2.24, 2.45) is 11.8 Å². The molecule has 0 aliphatic rings. The van der Waals surface area contributed by atoms with Crippen molar-refractivity contribution in [2.45, 2.75) is 19.9 Å². The predicted molar refractivity (Wildman–Crippen MR) is 101 cm³/mol. The van der Waals surface area contributed by atoms with Gasteiger partial charge in [-0.05, 0) is 12.1 Å². The second-order valence-electron chi connectivity index (χ2n) is 6.08. The molecular weight excluding hydrogens is 384 g/mol. The van der Waals surface area contributed by atoms with Crippen molar-refractivity contribution >= 4 is 35.4 Å². The Morgan fingerprint density at radius 1 is 0.862 bits per heavy atom. The molecule has 0 aromatic heterocycles. The number of anilines is 1. The van der Waals surface area contributed by atoms with Gasteiger partial charge in [0.05, 0.1) is 32.6 Å². The lowest BCUT2D eigenvalue weighted by Gasteiger charge is -2.27. The van der Waals surface area contributed by atoms with Crippen molar-refractivity contribution in [1.82, 2.24) is 5.32 Å². The molecule has 1 rings (SSSR count). The number of carbonyl (C=O) groups is 5. The van der Waals surface area contributed by atoms with E-state index in [1.807, 2.05) is 0 Å². The molecule has 1 aromatic carbocycles. The monoisotopic (exact) mass is 408 g/mol. The summed E-state index contributed by atoms with van der Waals surface area (Å²) in [4.78, 5) is 60.6. The lowest BCUT2D eigenvalue weighted by Crippen LogP contribution is -2.51. The maximum absolute atomic E-state index is 12.8. The number of methoxy groups -OCH3 is 3. The first-order valence-electron chi connectivity index (χ1n) is 8.58. The minimum absolute atomic E-state index is 0.0801. The van der Waals surface area contributed by atoms with Crippen LogP contribution in [0.2, 0.25) is 0 Å². The Balaban J connectivity index is 3.25. The van der Waals surface area contributed by atoms with Gasteiger partial charge in [-0.1, -0.05) is 19.1 Å². The number of esters is 3. The molecule has 0 radical (unpaired) electrons. The number of benzene rings is 1. The Labute approximate surface area is 167 Å².